The highest BCUT2D eigenvalue weighted by molar-refractivity contribution is 7.90. The number of anilines is 1. The van der Waals surface area contributed by atoms with Gasteiger partial charge in [0.1, 0.15) is 22.1 Å². The lowest BCUT2D eigenvalue weighted by molar-refractivity contribution is 0.196. The Kier molecular flexibility index (Phi) is 6.19. The van der Waals surface area contributed by atoms with E-state index in [1.807, 2.05) is 4.90 Å². The number of halogens is 1. The molecule has 0 saturated carbocycles. The van der Waals surface area contributed by atoms with Gasteiger partial charge in [-0.2, -0.15) is 4.72 Å². The van der Waals surface area contributed by atoms with Crippen molar-refractivity contribution in [3.8, 4) is 11.5 Å². The minimum Gasteiger partial charge on any atom is -0.457 e. The van der Waals surface area contributed by atoms with E-state index in [4.69, 9.17) is 4.74 Å². The Bertz CT molecular complexity index is 1250. The van der Waals surface area contributed by atoms with E-state index in [1.165, 1.54) is 39.0 Å². The fraction of sp³-hybridized carbons (Fsp3) is 0.455. The van der Waals surface area contributed by atoms with Gasteiger partial charge < -0.3 is 9.64 Å². The maximum atomic E-state index is 15.1. The van der Waals surface area contributed by atoms with Gasteiger partial charge >= 0.3 is 0 Å². The summed E-state index contributed by atoms with van der Waals surface area (Å²) >= 11 is 0. The molecule has 0 bridgehead atoms. The third-order valence-electron chi connectivity index (χ3n) is 5.99. The molecule has 11 heteroatoms. The van der Waals surface area contributed by atoms with Crippen molar-refractivity contribution in [3.63, 3.8) is 0 Å². The van der Waals surface area contributed by atoms with Crippen LogP contribution in [0.25, 0.3) is 0 Å². The molecule has 0 aromatic heterocycles. The first-order chi connectivity index (χ1) is 15.4. The molecule has 0 amide bonds. The number of alkyl halides is 1. The van der Waals surface area contributed by atoms with E-state index in [2.05, 4.69) is 9.44 Å². The van der Waals surface area contributed by atoms with Gasteiger partial charge in [-0.15, -0.1) is 0 Å². The molecule has 2 aliphatic heterocycles. The van der Waals surface area contributed by atoms with E-state index in [9.17, 15) is 16.8 Å². The highest BCUT2D eigenvalue weighted by Crippen LogP contribution is 2.38. The predicted molar refractivity (Wildman–Crippen MR) is 124 cm³/mol. The molecule has 2 N–H and O–H groups in total. The molecule has 2 heterocycles. The normalized spacial score (nSPS) is 21.4. The SMILES string of the molecule is CC(C)S(=O)(=O)NC[C@@](C)(F)c1ccc(Oc2ccc3c(c2)S(=O)(=O)NC2CCCN32)cc1. The molecule has 33 heavy (non-hydrogen) atoms. The number of hydrogen-bond donors (Lipinski definition) is 2. The van der Waals surface area contributed by atoms with Crippen molar-refractivity contribution in [1.29, 1.82) is 0 Å². The number of fused-ring (bicyclic) bond motifs is 3. The number of sulfonamides is 2. The lowest BCUT2D eigenvalue weighted by Crippen LogP contribution is -2.48. The van der Waals surface area contributed by atoms with Gasteiger partial charge in [-0.05, 0) is 63.4 Å². The first-order valence-electron chi connectivity index (χ1n) is 10.8. The minimum atomic E-state index is -3.64. The summed E-state index contributed by atoms with van der Waals surface area (Å²) in [6.07, 6.45) is 1.49. The lowest BCUT2D eigenvalue weighted by atomic mass is 9.98. The number of hydrogen-bond acceptors (Lipinski definition) is 6. The number of nitrogens with one attached hydrogen (secondary N) is 2. The van der Waals surface area contributed by atoms with Crippen LogP contribution in [0.1, 0.15) is 39.2 Å². The molecule has 0 radical (unpaired) electrons. The van der Waals surface area contributed by atoms with Crippen molar-refractivity contribution in [3.05, 3.63) is 48.0 Å². The van der Waals surface area contributed by atoms with Crippen LogP contribution in [0.5, 0.6) is 11.5 Å². The van der Waals surface area contributed by atoms with Gasteiger partial charge in [0.2, 0.25) is 20.0 Å². The largest absolute Gasteiger partial charge is 0.457 e. The van der Waals surface area contributed by atoms with Crippen molar-refractivity contribution in [2.24, 2.45) is 0 Å². The van der Waals surface area contributed by atoms with Crippen LogP contribution in [0.15, 0.2) is 47.4 Å². The molecule has 2 aliphatic rings. The molecular weight excluding hydrogens is 469 g/mol. The summed E-state index contributed by atoms with van der Waals surface area (Å²) < 4.78 is 75.1. The zero-order chi connectivity index (χ0) is 24.0. The van der Waals surface area contributed by atoms with Crippen LogP contribution in [0.2, 0.25) is 0 Å². The van der Waals surface area contributed by atoms with Crippen LogP contribution >= 0.6 is 0 Å². The summed E-state index contributed by atoms with van der Waals surface area (Å²) in [5, 5.41) is -0.656. The Morgan fingerprint density at radius 1 is 1.21 bits per heavy atom. The van der Waals surface area contributed by atoms with E-state index in [0.29, 0.717) is 22.7 Å². The van der Waals surface area contributed by atoms with Crippen molar-refractivity contribution < 1.29 is 26.0 Å². The smallest absolute Gasteiger partial charge is 0.244 e. The monoisotopic (exact) mass is 497 g/mol. The minimum absolute atomic E-state index is 0.170. The fourth-order valence-electron chi connectivity index (χ4n) is 3.94. The van der Waals surface area contributed by atoms with E-state index in [0.717, 1.165) is 19.4 Å². The quantitative estimate of drug-likeness (QED) is 0.609. The van der Waals surface area contributed by atoms with Crippen LogP contribution in [0.4, 0.5) is 10.1 Å². The fourth-order valence-corrected chi connectivity index (χ4v) is 6.21. The van der Waals surface area contributed by atoms with Gasteiger partial charge in [0, 0.05) is 19.2 Å². The molecule has 2 aromatic carbocycles. The van der Waals surface area contributed by atoms with Gasteiger partial charge in [-0.25, -0.2) is 25.9 Å². The molecule has 0 aliphatic carbocycles. The molecule has 180 valence electrons. The Hall–Kier alpha value is -2.21. The van der Waals surface area contributed by atoms with Crippen molar-refractivity contribution in [2.75, 3.05) is 18.0 Å². The number of benzene rings is 2. The van der Waals surface area contributed by atoms with Crippen molar-refractivity contribution in [1.82, 2.24) is 9.44 Å². The van der Waals surface area contributed by atoms with Crippen LogP contribution in [-0.4, -0.2) is 41.3 Å². The second-order valence-electron chi connectivity index (χ2n) is 8.84. The highest BCUT2D eigenvalue weighted by atomic mass is 32.2. The summed E-state index contributed by atoms with van der Waals surface area (Å²) in [4.78, 5) is 2.22. The van der Waals surface area contributed by atoms with Gasteiger partial charge in [0.25, 0.3) is 0 Å². The van der Waals surface area contributed by atoms with Crippen molar-refractivity contribution in [2.45, 2.75) is 55.6 Å². The van der Waals surface area contributed by atoms with Gasteiger partial charge in [0.15, 0.2) is 0 Å². The van der Waals surface area contributed by atoms with Crippen LogP contribution in [0, 0.1) is 0 Å². The second kappa shape index (κ2) is 8.53. The molecule has 1 fully saturated rings. The molecule has 2 aromatic rings. The Balaban J connectivity index is 1.50. The van der Waals surface area contributed by atoms with Crippen LogP contribution < -0.4 is 19.1 Å². The summed E-state index contributed by atoms with van der Waals surface area (Å²) in [6, 6.07) is 11.1. The standard InChI is InChI=1S/C22H28FN3O5S2/c1-15(2)32(27,28)24-14-22(3,23)16-6-8-17(9-7-16)31-18-10-11-19-20(13-18)33(29,30)25-21-5-4-12-26(19)21/h6-11,13,15,21,24-25H,4-5,12,14H2,1-3H3/t21?,22-/m1/s1. The highest BCUT2D eigenvalue weighted by Gasteiger charge is 2.38. The predicted octanol–water partition coefficient (Wildman–Crippen LogP) is 3.21. The zero-order valence-corrected chi connectivity index (χ0v) is 20.3. The van der Waals surface area contributed by atoms with E-state index < -0.39 is 31.0 Å². The van der Waals surface area contributed by atoms with Gasteiger partial charge in [-0.3, -0.25) is 0 Å². The summed E-state index contributed by atoms with van der Waals surface area (Å²) in [5.41, 5.74) is -0.965. The topological polar surface area (TPSA) is 105 Å². The molecule has 2 atom stereocenters. The third-order valence-corrected chi connectivity index (χ3v) is 9.27. The van der Waals surface area contributed by atoms with Gasteiger partial charge in [-0.1, -0.05) is 12.1 Å². The number of rotatable bonds is 7. The Labute approximate surface area is 194 Å². The first-order valence-corrected chi connectivity index (χ1v) is 13.8. The number of nitrogens with zero attached hydrogens (tertiary/aromatic N) is 1. The average molecular weight is 498 g/mol. The molecule has 1 saturated heterocycles. The first kappa shape index (κ1) is 23.9. The maximum absolute atomic E-state index is 15.1. The van der Waals surface area contributed by atoms with Gasteiger partial charge in [0.05, 0.1) is 17.1 Å². The van der Waals surface area contributed by atoms with Crippen LogP contribution in [0.3, 0.4) is 0 Å². The average Bonchev–Trinajstić information content (AvgIpc) is 3.20. The Morgan fingerprint density at radius 3 is 2.55 bits per heavy atom. The van der Waals surface area contributed by atoms with E-state index in [1.54, 1.807) is 24.3 Å². The summed E-state index contributed by atoms with van der Waals surface area (Å²) in [6.45, 7) is 4.75. The maximum Gasteiger partial charge on any atom is 0.244 e. The lowest BCUT2D eigenvalue weighted by Gasteiger charge is -2.33. The molecule has 0 spiro atoms. The third kappa shape index (κ3) is 4.86. The number of ether oxygens (including phenoxy) is 1. The molecule has 1 unspecified atom stereocenters. The van der Waals surface area contributed by atoms with Crippen molar-refractivity contribution >= 4 is 25.7 Å². The second-order valence-corrected chi connectivity index (χ2v) is 12.8. The zero-order valence-electron chi connectivity index (χ0n) is 18.7. The Morgan fingerprint density at radius 2 is 1.88 bits per heavy atom. The summed E-state index contributed by atoms with van der Waals surface area (Å²) in [7, 11) is -7.22. The van der Waals surface area contributed by atoms with E-state index in [-0.39, 0.29) is 17.6 Å². The molecule has 4 rings (SSSR count). The van der Waals surface area contributed by atoms with E-state index >= 15 is 4.39 Å². The molecular formula is C22H28FN3O5S2. The molecule has 8 nitrogen and oxygen atoms in total. The summed E-state index contributed by atoms with van der Waals surface area (Å²) in [5.74, 6) is 0.745. The van der Waals surface area contributed by atoms with Crippen LogP contribution in [-0.2, 0) is 25.7 Å².